The van der Waals surface area contributed by atoms with E-state index in [1.807, 2.05) is 0 Å². The Balaban J connectivity index is 2.76. The fourth-order valence-electron chi connectivity index (χ4n) is 1.87. The molecule has 0 spiro atoms. The predicted molar refractivity (Wildman–Crippen MR) is 78.3 cm³/mol. The normalized spacial score (nSPS) is 12.5. The first-order valence-electron chi connectivity index (χ1n) is 5.49. The Morgan fingerprint density at radius 2 is 1.76 bits per heavy atom. The zero-order valence-corrected chi connectivity index (χ0v) is 12.4. The molecule has 0 saturated heterocycles. The Kier molecular flexibility index (Phi) is 3.48. The molecule has 0 aromatic heterocycles. The first kappa shape index (κ1) is 15.4. The van der Waals surface area contributed by atoms with Crippen LogP contribution in [-0.2, 0) is 20.1 Å². The van der Waals surface area contributed by atoms with Crippen LogP contribution in [0.4, 0.5) is 11.4 Å². The monoisotopic (exact) mass is 332 g/mol. The van der Waals surface area contributed by atoms with Gasteiger partial charge in [-0.25, -0.2) is 8.42 Å². The van der Waals surface area contributed by atoms with Crippen molar-refractivity contribution in [3.8, 4) is 5.75 Å². The highest BCUT2D eigenvalue weighted by Crippen LogP contribution is 2.37. The smallest absolute Gasteiger partial charge is 0.296 e. The number of anilines is 2. The zero-order chi connectivity index (χ0) is 16.0. The fraction of sp³-hybridized carbons (Fsp3) is 0.0909. The number of phenols is 1. The van der Waals surface area contributed by atoms with E-state index in [1.165, 1.54) is 18.2 Å². The highest BCUT2D eigenvalue weighted by atomic mass is 32.2. The van der Waals surface area contributed by atoms with Crippen molar-refractivity contribution in [1.82, 2.24) is 0 Å². The molecule has 0 aliphatic heterocycles. The van der Waals surface area contributed by atoms with Gasteiger partial charge in [0.15, 0.2) is 0 Å². The van der Waals surface area contributed by atoms with Crippen molar-refractivity contribution in [2.45, 2.75) is 4.90 Å². The summed E-state index contributed by atoms with van der Waals surface area (Å²) in [6.07, 6.45) is 0.960. The van der Waals surface area contributed by atoms with Crippen molar-refractivity contribution in [3.63, 3.8) is 0 Å². The minimum atomic E-state index is -4.62. The van der Waals surface area contributed by atoms with Crippen LogP contribution in [0, 0.1) is 0 Å². The molecule has 0 bridgehead atoms. The lowest BCUT2D eigenvalue weighted by atomic mass is 10.1. The second kappa shape index (κ2) is 4.76. The maximum Gasteiger partial charge on any atom is 0.296 e. The second-order valence-corrected chi connectivity index (χ2v) is 7.56. The van der Waals surface area contributed by atoms with Gasteiger partial charge in [0.2, 0.25) is 10.0 Å². The van der Waals surface area contributed by atoms with E-state index in [9.17, 15) is 21.9 Å². The van der Waals surface area contributed by atoms with Gasteiger partial charge in [-0.3, -0.25) is 9.27 Å². The molecular weight excluding hydrogens is 320 g/mol. The molecule has 0 aliphatic carbocycles. The van der Waals surface area contributed by atoms with Gasteiger partial charge >= 0.3 is 0 Å². The number of fused-ring (bicyclic) bond motifs is 1. The van der Waals surface area contributed by atoms with E-state index in [2.05, 4.69) is 4.72 Å². The summed E-state index contributed by atoms with van der Waals surface area (Å²) in [6, 6.07) is 5.12. The Bertz CT molecular complexity index is 935. The first-order chi connectivity index (χ1) is 9.49. The van der Waals surface area contributed by atoms with E-state index in [-0.39, 0.29) is 16.5 Å². The molecule has 2 aromatic rings. The van der Waals surface area contributed by atoms with Crippen LogP contribution in [0.5, 0.6) is 5.75 Å². The molecule has 0 atom stereocenters. The molecule has 0 amide bonds. The zero-order valence-electron chi connectivity index (χ0n) is 10.7. The quantitative estimate of drug-likeness (QED) is 0.368. The molecule has 8 nitrogen and oxygen atoms in total. The number of benzene rings is 2. The SMILES string of the molecule is CS(=O)(=O)Nc1ccc2c(O)c(N)c(S(=O)(=O)O)cc2c1. The summed E-state index contributed by atoms with van der Waals surface area (Å²) < 4.78 is 56.1. The maximum atomic E-state index is 11.2. The average molecular weight is 332 g/mol. The summed E-state index contributed by atoms with van der Waals surface area (Å²) in [7, 11) is -8.13. The Morgan fingerprint density at radius 3 is 2.29 bits per heavy atom. The van der Waals surface area contributed by atoms with Gasteiger partial charge in [0.25, 0.3) is 10.1 Å². The van der Waals surface area contributed by atoms with Crippen LogP contribution in [0.3, 0.4) is 0 Å². The summed E-state index contributed by atoms with van der Waals surface area (Å²) >= 11 is 0. The summed E-state index contributed by atoms with van der Waals surface area (Å²) in [5, 5.41) is 10.3. The lowest BCUT2D eigenvalue weighted by Crippen LogP contribution is -2.09. The summed E-state index contributed by atoms with van der Waals surface area (Å²) in [5.41, 5.74) is 5.17. The van der Waals surface area contributed by atoms with Crippen LogP contribution in [0.25, 0.3) is 10.8 Å². The predicted octanol–water partition coefficient (Wildman–Crippen LogP) is 0.746. The van der Waals surface area contributed by atoms with Gasteiger partial charge in [0, 0.05) is 11.1 Å². The van der Waals surface area contributed by atoms with Crippen molar-refractivity contribution < 1.29 is 26.5 Å². The van der Waals surface area contributed by atoms with Crippen LogP contribution < -0.4 is 10.5 Å². The number of nitrogen functional groups attached to an aromatic ring is 1. The molecule has 0 saturated carbocycles. The average Bonchev–Trinajstić information content (AvgIpc) is 2.30. The molecule has 5 N–H and O–H groups in total. The van der Waals surface area contributed by atoms with E-state index in [0.717, 1.165) is 12.3 Å². The number of hydrogen-bond donors (Lipinski definition) is 4. The molecule has 0 unspecified atom stereocenters. The molecule has 21 heavy (non-hydrogen) atoms. The molecule has 0 heterocycles. The Hall–Kier alpha value is -2.04. The van der Waals surface area contributed by atoms with Crippen LogP contribution in [0.2, 0.25) is 0 Å². The lowest BCUT2D eigenvalue weighted by molar-refractivity contribution is 0.473. The number of nitrogens with one attached hydrogen (secondary N) is 1. The molecule has 114 valence electrons. The number of hydrogen-bond acceptors (Lipinski definition) is 6. The number of phenolic OH excluding ortho intramolecular Hbond substituents is 1. The van der Waals surface area contributed by atoms with Crippen molar-refractivity contribution in [3.05, 3.63) is 24.3 Å². The van der Waals surface area contributed by atoms with Gasteiger partial charge < -0.3 is 10.8 Å². The molecule has 0 radical (unpaired) electrons. The molecule has 2 aromatic carbocycles. The van der Waals surface area contributed by atoms with Crippen LogP contribution in [0.1, 0.15) is 0 Å². The van der Waals surface area contributed by atoms with Gasteiger partial charge in [-0.05, 0) is 29.7 Å². The van der Waals surface area contributed by atoms with E-state index >= 15 is 0 Å². The van der Waals surface area contributed by atoms with Crippen molar-refractivity contribution in [1.29, 1.82) is 0 Å². The standard InChI is InChI=1S/C11H12N2O6S2/c1-20(15,16)13-7-2-3-8-6(4-7)5-9(21(17,18)19)10(12)11(8)14/h2-5,13-14H,12H2,1H3,(H,17,18,19). The molecule has 0 aliphatic rings. The van der Waals surface area contributed by atoms with Crippen LogP contribution in [-0.4, -0.2) is 32.8 Å². The number of nitrogens with two attached hydrogens (primary N) is 1. The van der Waals surface area contributed by atoms with Gasteiger partial charge in [-0.15, -0.1) is 0 Å². The molecule has 10 heteroatoms. The third-order valence-corrected chi connectivity index (χ3v) is 4.20. The Morgan fingerprint density at radius 1 is 1.14 bits per heavy atom. The third kappa shape index (κ3) is 3.17. The summed E-state index contributed by atoms with van der Waals surface area (Å²) in [5.74, 6) is -0.508. The van der Waals surface area contributed by atoms with Crippen molar-refractivity contribution in [2.75, 3.05) is 16.7 Å². The van der Waals surface area contributed by atoms with E-state index in [0.29, 0.717) is 0 Å². The molecule has 0 fully saturated rings. The van der Waals surface area contributed by atoms with Crippen LogP contribution in [0.15, 0.2) is 29.2 Å². The first-order valence-corrected chi connectivity index (χ1v) is 8.82. The Labute approximate surface area is 121 Å². The minimum Gasteiger partial charge on any atom is -0.505 e. The largest absolute Gasteiger partial charge is 0.505 e. The van der Waals surface area contributed by atoms with Gasteiger partial charge in [-0.1, -0.05) is 0 Å². The van der Waals surface area contributed by atoms with Gasteiger partial charge in [-0.2, -0.15) is 8.42 Å². The van der Waals surface area contributed by atoms with E-state index in [1.54, 1.807) is 0 Å². The van der Waals surface area contributed by atoms with Crippen molar-refractivity contribution >= 4 is 42.3 Å². The minimum absolute atomic E-state index is 0.176. The fourth-order valence-corrected chi connectivity index (χ4v) is 3.08. The second-order valence-electron chi connectivity index (χ2n) is 4.42. The number of sulfonamides is 1. The summed E-state index contributed by atoms with van der Waals surface area (Å²) in [4.78, 5) is -0.649. The lowest BCUT2D eigenvalue weighted by Gasteiger charge is -2.10. The highest BCUT2D eigenvalue weighted by Gasteiger charge is 2.19. The topological polar surface area (TPSA) is 147 Å². The number of aromatic hydroxyl groups is 1. The van der Waals surface area contributed by atoms with Gasteiger partial charge in [0.05, 0.1) is 11.9 Å². The van der Waals surface area contributed by atoms with Crippen LogP contribution >= 0.6 is 0 Å². The van der Waals surface area contributed by atoms with Crippen molar-refractivity contribution in [2.24, 2.45) is 0 Å². The van der Waals surface area contributed by atoms with E-state index < -0.39 is 36.5 Å². The third-order valence-electron chi connectivity index (χ3n) is 2.70. The maximum absolute atomic E-state index is 11.2. The van der Waals surface area contributed by atoms with Gasteiger partial charge in [0.1, 0.15) is 10.6 Å². The highest BCUT2D eigenvalue weighted by molar-refractivity contribution is 7.92. The summed E-state index contributed by atoms with van der Waals surface area (Å²) in [6.45, 7) is 0. The number of rotatable bonds is 3. The molecule has 2 rings (SSSR count). The van der Waals surface area contributed by atoms with E-state index in [4.69, 9.17) is 10.3 Å². The molecular formula is C11H12N2O6S2.